The molecule has 0 fully saturated rings. The highest BCUT2D eigenvalue weighted by Gasteiger charge is 2.29. The number of ether oxygens (including phenoxy) is 1. The number of hydrogen-bond acceptors (Lipinski definition) is 3. The van der Waals surface area contributed by atoms with E-state index in [0.717, 1.165) is 5.69 Å². The summed E-state index contributed by atoms with van der Waals surface area (Å²) in [6.45, 7) is 3.82. The SMILES string of the molecule is CC(C)(Oc1ccc(F)cc1)C(=O)NCCc1ccccn1. The minimum atomic E-state index is -1.04. The first-order chi connectivity index (χ1) is 10.5. The number of carbonyl (C=O) groups excluding carboxylic acids is 1. The lowest BCUT2D eigenvalue weighted by Gasteiger charge is -2.25. The number of amides is 1. The van der Waals surface area contributed by atoms with Crippen LogP contribution in [0.25, 0.3) is 0 Å². The predicted octanol–water partition coefficient (Wildman–Crippen LogP) is 2.74. The van der Waals surface area contributed by atoms with Crippen LogP contribution in [0.4, 0.5) is 4.39 Å². The average molecular weight is 302 g/mol. The zero-order valence-corrected chi connectivity index (χ0v) is 12.7. The zero-order valence-electron chi connectivity index (χ0n) is 12.7. The Hall–Kier alpha value is -2.43. The van der Waals surface area contributed by atoms with E-state index < -0.39 is 5.60 Å². The number of halogens is 1. The molecular weight excluding hydrogens is 283 g/mol. The molecule has 0 spiro atoms. The smallest absolute Gasteiger partial charge is 0.263 e. The summed E-state index contributed by atoms with van der Waals surface area (Å²) < 4.78 is 18.5. The van der Waals surface area contributed by atoms with Crippen LogP contribution in [0, 0.1) is 5.82 Å². The molecule has 1 aromatic carbocycles. The summed E-state index contributed by atoms with van der Waals surface area (Å²) in [6, 6.07) is 11.3. The van der Waals surface area contributed by atoms with Crippen LogP contribution >= 0.6 is 0 Å². The van der Waals surface area contributed by atoms with Crippen molar-refractivity contribution in [3.63, 3.8) is 0 Å². The molecule has 4 nitrogen and oxygen atoms in total. The molecule has 0 atom stereocenters. The third kappa shape index (κ3) is 4.55. The summed E-state index contributed by atoms with van der Waals surface area (Å²) in [5.74, 6) is -0.121. The minimum Gasteiger partial charge on any atom is -0.478 e. The quantitative estimate of drug-likeness (QED) is 0.892. The minimum absolute atomic E-state index is 0.229. The van der Waals surface area contributed by atoms with Gasteiger partial charge in [-0.3, -0.25) is 9.78 Å². The lowest BCUT2D eigenvalue weighted by Crippen LogP contribution is -2.47. The second-order valence-electron chi connectivity index (χ2n) is 5.39. The summed E-state index contributed by atoms with van der Waals surface area (Å²) in [6.07, 6.45) is 2.37. The molecule has 0 aliphatic carbocycles. The molecule has 0 saturated heterocycles. The van der Waals surface area contributed by atoms with Gasteiger partial charge in [0.2, 0.25) is 0 Å². The van der Waals surface area contributed by atoms with E-state index >= 15 is 0 Å². The Balaban J connectivity index is 1.86. The van der Waals surface area contributed by atoms with Gasteiger partial charge in [0.15, 0.2) is 5.60 Å². The Bertz CT molecular complexity index is 612. The summed E-state index contributed by atoms with van der Waals surface area (Å²) in [7, 11) is 0. The number of carbonyl (C=O) groups is 1. The second kappa shape index (κ2) is 7.02. The molecule has 2 rings (SSSR count). The van der Waals surface area contributed by atoms with E-state index in [1.807, 2.05) is 18.2 Å². The van der Waals surface area contributed by atoms with Crippen LogP contribution in [0.15, 0.2) is 48.7 Å². The highest BCUT2D eigenvalue weighted by molar-refractivity contribution is 5.84. The van der Waals surface area contributed by atoms with Crippen molar-refractivity contribution in [1.82, 2.24) is 10.3 Å². The molecule has 0 aliphatic heterocycles. The van der Waals surface area contributed by atoms with Crippen LogP contribution in [-0.2, 0) is 11.2 Å². The van der Waals surface area contributed by atoms with Gasteiger partial charge in [0.1, 0.15) is 11.6 Å². The topological polar surface area (TPSA) is 51.2 Å². The van der Waals surface area contributed by atoms with E-state index in [1.165, 1.54) is 24.3 Å². The molecule has 2 aromatic rings. The number of benzene rings is 1. The Morgan fingerprint density at radius 3 is 2.59 bits per heavy atom. The molecule has 1 heterocycles. The maximum Gasteiger partial charge on any atom is 0.263 e. The van der Waals surface area contributed by atoms with Crippen molar-refractivity contribution in [3.05, 3.63) is 60.2 Å². The van der Waals surface area contributed by atoms with E-state index in [9.17, 15) is 9.18 Å². The molecule has 116 valence electrons. The van der Waals surface area contributed by atoms with Gasteiger partial charge in [-0.05, 0) is 50.2 Å². The summed E-state index contributed by atoms with van der Waals surface area (Å²) >= 11 is 0. The first kappa shape index (κ1) is 15.9. The van der Waals surface area contributed by atoms with E-state index in [1.54, 1.807) is 20.0 Å². The van der Waals surface area contributed by atoms with Gasteiger partial charge in [-0.25, -0.2) is 4.39 Å². The van der Waals surface area contributed by atoms with Crippen LogP contribution in [0.2, 0.25) is 0 Å². The van der Waals surface area contributed by atoms with Gasteiger partial charge in [0, 0.05) is 24.9 Å². The van der Waals surface area contributed by atoms with Gasteiger partial charge >= 0.3 is 0 Å². The Morgan fingerprint density at radius 2 is 1.95 bits per heavy atom. The third-order valence-electron chi connectivity index (χ3n) is 3.13. The van der Waals surface area contributed by atoms with Gasteiger partial charge in [0.25, 0.3) is 5.91 Å². The monoisotopic (exact) mass is 302 g/mol. The lowest BCUT2D eigenvalue weighted by atomic mass is 10.1. The molecule has 0 saturated carbocycles. The lowest BCUT2D eigenvalue weighted by molar-refractivity contribution is -0.134. The molecule has 1 amide bonds. The predicted molar refractivity (Wildman–Crippen MR) is 82.1 cm³/mol. The average Bonchev–Trinajstić information content (AvgIpc) is 2.50. The number of pyridine rings is 1. The fourth-order valence-electron chi connectivity index (χ4n) is 1.91. The number of aromatic nitrogens is 1. The number of nitrogens with zero attached hydrogens (tertiary/aromatic N) is 1. The summed E-state index contributed by atoms with van der Waals surface area (Å²) in [5, 5.41) is 2.83. The molecule has 0 radical (unpaired) electrons. The van der Waals surface area contributed by atoms with E-state index in [2.05, 4.69) is 10.3 Å². The van der Waals surface area contributed by atoms with Gasteiger partial charge in [-0.2, -0.15) is 0 Å². The number of nitrogens with one attached hydrogen (secondary N) is 1. The van der Waals surface area contributed by atoms with Gasteiger partial charge < -0.3 is 10.1 Å². The van der Waals surface area contributed by atoms with Crippen LogP contribution in [0.3, 0.4) is 0 Å². The molecule has 22 heavy (non-hydrogen) atoms. The van der Waals surface area contributed by atoms with Crippen LogP contribution < -0.4 is 10.1 Å². The fourth-order valence-corrected chi connectivity index (χ4v) is 1.91. The van der Waals surface area contributed by atoms with Crippen LogP contribution in [0.5, 0.6) is 5.75 Å². The summed E-state index contributed by atoms with van der Waals surface area (Å²) in [5.41, 5.74) is -0.123. The van der Waals surface area contributed by atoms with E-state index in [0.29, 0.717) is 18.7 Å². The highest BCUT2D eigenvalue weighted by atomic mass is 19.1. The van der Waals surface area contributed by atoms with Crippen molar-refractivity contribution in [2.24, 2.45) is 0 Å². The second-order valence-corrected chi connectivity index (χ2v) is 5.39. The van der Waals surface area contributed by atoms with Crippen molar-refractivity contribution < 1.29 is 13.9 Å². The van der Waals surface area contributed by atoms with Crippen molar-refractivity contribution in [3.8, 4) is 5.75 Å². The zero-order chi connectivity index (χ0) is 16.0. The van der Waals surface area contributed by atoms with Crippen LogP contribution in [-0.4, -0.2) is 23.0 Å². The highest BCUT2D eigenvalue weighted by Crippen LogP contribution is 2.18. The third-order valence-corrected chi connectivity index (χ3v) is 3.13. The van der Waals surface area contributed by atoms with E-state index in [-0.39, 0.29) is 11.7 Å². The Labute approximate surface area is 129 Å². The fraction of sp³-hybridized carbons (Fsp3) is 0.294. The van der Waals surface area contributed by atoms with Gasteiger partial charge in [0.05, 0.1) is 0 Å². The van der Waals surface area contributed by atoms with Gasteiger partial charge in [-0.1, -0.05) is 6.07 Å². The maximum absolute atomic E-state index is 12.9. The molecule has 0 bridgehead atoms. The Morgan fingerprint density at radius 1 is 1.23 bits per heavy atom. The molecular formula is C17H19FN2O2. The first-order valence-electron chi connectivity index (χ1n) is 7.10. The Kier molecular flexibility index (Phi) is 5.09. The van der Waals surface area contributed by atoms with Crippen molar-refractivity contribution in [1.29, 1.82) is 0 Å². The molecule has 1 N–H and O–H groups in total. The standard InChI is InChI=1S/C17H19FN2O2/c1-17(2,22-15-8-6-13(18)7-9-15)16(21)20-12-10-14-5-3-4-11-19-14/h3-9,11H,10,12H2,1-2H3,(H,20,21). The molecule has 5 heteroatoms. The number of hydrogen-bond donors (Lipinski definition) is 1. The molecule has 0 aliphatic rings. The van der Waals surface area contributed by atoms with Gasteiger partial charge in [-0.15, -0.1) is 0 Å². The summed E-state index contributed by atoms with van der Waals surface area (Å²) in [4.78, 5) is 16.4. The van der Waals surface area contributed by atoms with Crippen LogP contribution in [0.1, 0.15) is 19.5 Å². The normalized spacial score (nSPS) is 11.0. The molecule has 0 unspecified atom stereocenters. The molecule has 1 aromatic heterocycles. The maximum atomic E-state index is 12.9. The number of rotatable bonds is 6. The van der Waals surface area contributed by atoms with Crippen molar-refractivity contribution in [2.45, 2.75) is 25.9 Å². The van der Waals surface area contributed by atoms with Crippen molar-refractivity contribution in [2.75, 3.05) is 6.54 Å². The van der Waals surface area contributed by atoms with E-state index in [4.69, 9.17) is 4.74 Å². The van der Waals surface area contributed by atoms with Crippen molar-refractivity contribution >= 4 is 5.91 Å². The largest absolute Gasteiger partial charge is 0.478 e. The first-order valence-corrected chi connectivity index (χ1v) is 7.10.